The number of hydroxylamine groups is 2. The number of carbonyl (C=O) groups excluding carboxylic acids is 5. The van der Waals surface area contributed by atoms with Gasteiger partial charge < -0.3 is 75.9 Å². The number of amides is 2. The Morgan fingerprint density at radius 3 is 1.05 bits per heavy atom. The van der Waals surface area contributed by atoms with Gasteiger partial charge in [-0.25, -0.2) is 9.48 Å². The highest BCUT2D eigenvalue weighted by molar-refractivity contribution is 6.01. The van der Waals surface area contributed by atoms with Crippen LogP contribution >= 0.6 is 0 Å². The van der Waals surface area contributed by atoms with Crippen molar-refractivity contribution in [3.63, 3.8) is 0 Å². The number of imide groups is 1. The van der Waals surface area contributed by atoms with Crippen LogP contribution in [0, 0.1) is 19.3 Å². The molecule has 0 unspecified atom stereocenters. The normalized spacial score (nSPS) is 11.5. The fraction of sp³-hybridized carbons (Fsp3) is 0.830. The van der Waals surface area contributed by atoms with Gasteiger partial charge in [0.15, 0.2) is 0 Å². The summed E-state index contributed by atoms with van der Waals surface area (Å²) < 4.78 is 81.4. The van der Waals surface area contributed by atoms with Crippen LogP contribution in [0.5, 0.6) is 0 Å². The standard InChI is InChI=1S/C18H33N3O6.C17H28N4O9.C15H29N3O6.C3H4/c1-3-18(22)4-6-23-8-10-25-12-14-27-15-13-26-11-9-24-7-5-21-16-17(2)19-20-21;18-20-19-4-6-26-8-10-28-12-14-29-13-11-27-9-7-25-5-3-17(24)30-21-15(22)1-2-16(21)23;1-2-15(19)3-5-20-7-9-22-11-13-24-14-12-23-10-8-21-6-4-17-18-16;1-3-2/h16H,3-15H2,1-2H3;1-14H2;2-14H2,1H3;1H,2H3. The molecule has 31 heteroatoms. The molecule has 0 atom stereocenters. The highest BCUT2D eigenvalue weighted by Gasteiger charge is 2.32. The van der Waals surface area contributed by atoms with E-state index in [0.717, 1.165) is 5.69 Å². The van der Waals surface area contributed by atoms with Crippen molar-refractivity contribution >= 4 is 29.4 Å². The molecule has 1 aromatic heterocycles. The van der Waals surface area contributed by atoms with E-state index in [2.05, 4.69) is 42.7 Å². The zero-order valence-electron chi connectivity index (χ0n) is 50.0. The molecule has 0 radical (unpaired) electrons. The second-order valence-electron chi connectivity index (χ2n) is 16.6. The van der Waals surface area contributed by atoms with Crippen molar-refractivity contribution in [3.05, 3.63) is 32.8 Å². The molecule has 0 N–H and O–H groups in total. The Kier molecular flexibility index (Phi) is 64.2. The minimum absolute atomic E-state index is 0.0624. The molecule has 2 amide bonds. The van der Waals surface area contributed by atoms with Crippen LogP contribution < -0.4 is 0 Å². The number of nitrogens with zero attached hydrogens (tertiary/aromatic N) is 10. The number of Topliss-reactive ketones (excluding diaryl/α,β-unsaturated/α-hetero) is 2. The van der Waals surface area contributed by atoms with E-state index in [0.29, 0.717) is 235 Å². The van der Waals surface area contributed by atoms with E-state index < -0.39 is 17.8 Å². The predicted octanol–water partition coefficient (Wildman–Crippen LogP) is 3.80. The summed E-state index contributed by atoms with van der Waals surface area (Å²) in [5.41, 5.74) is 17.0. The number of hydrogen-bond donors (Lipinski definition) is 0. The second kappa shape index (κ2) is 66.8. The number of rotatable bonds is 57. The molecule has 1 aliphatic rings. The molecule has 1 saturated heterocycles. The third-order valence-electron chi connectivity index (χ3n) is 9.87. The van der Waals surface area contributed by atoms with Crippen molar-refractivity contribution in [2.24, 2.45) is 10.2 Å². The molecule has 84 heavy (non-hydrogen) atoms. The first kappa shape index (κ1) is 80.7. The van der Waals surface area contributed by atoms with Gasteiger partial charge in [0.05, 0.1) is 217 Å². The van der Waals surface area contributed by atoms with Crippen LogP contribution in [-0.4, -0.2) is 261 Å². The van der Waals surface area contributed by atoms with E-state index >= 15 is 0 Å². The number of ether oxygens (including phenoxy) is 15. The number of terminal acetylenes is 1. The molecular formula is C53H94N10O21. The van der Waals surface area contributed by atoms with Crippen LogP contribution in [0.3, 0.4) is 0 Å². The van der Waals surface area contributed by atoms with E-state index in [1.54, 1.807) is 11.6 Å². The lowest BCUT2D eigenvalue weighted by Crippen LogP contribution is -2.32. The highest BCUT2D eigenvalue weighted by atomic mass is 16.7. The summed E-state index contributed by atoms with van der Waals surface area (Å²) in [5, 5.41) is 15.1. The van der Waals surface area contributed by atoms with Gasteiger partial charge in [-0.2, -0.15) is 0 Å². The Balaban J connectivity index is 0. The SMILES string of the molecule is C#CC.CCC(=O)CCOCCOCCOCCOCCOCCN=[N+]=[N-].CCC(=O)CCOCCOCCOCCOCCOCCn1cc(C)nn1.[N-]=[N+]=NCCOCCOCCOCCOCCOCCC(=O)ON1C(=O)CCC1=O. The Bertz CT molecular complexity index is 1860. The molecule has 2 rings (SSSR count). The van der Waals surface area contributed by atoms with Gasteiger partial charge in [-0.3, -0.25) is 19.2 Å². The first-order chi connectivity index (χ1) is 41.1. The van der Waals surface area contributed by atoms with Crippen LogP contribution in [0.2, 0.25) is 0 Å². The van der Waals surface area contributed by atoms with Crippen molar-refractivity contribution in [1.29, 1.82) is 0 Å². The molecule has 31 nitrogen and oxygen atoms in total. The van der Waals surface area contributed by atoms with Crippen molar-refractivity contribution in [2.75, 3.05) is 211 Å². The summed E-state index contributed by atoms with van der Waals surface area (Å²) in [5.74, 6) is 0.967. The predicted molar refractivity (Wildman–Crippen MR) is 301 cm³/mol. The van der Waals surface area contributed by atoms with Gasteiger partial charge in [0.25, 0.3) is 11.8 Å². The highest BCUT2D eigenvalue weighted by Crippen LogP contribution is 2.12. The van der Waals surface area contributed by atoms with Crippen LogP contribution in [0.25, 0.3) is 20.9 Å². The quantitative estimate of drug-likeness (QED) is 0.0223. The molecule has 1 aliphatic heterocycles. The lowest BCUT2D eigenvalue weighted by molar-refractivity contribution is -0.198. The molecule has 2 heterocycles. The average molecular weight is 1210 g/mol. The van der Waals surface area contributed by atoms with Crippen LogP contribution in [0.1, 0.15) is 71.4 Å². The number of azide groups is 2. The topological polar surface area (TPSA) is 365 Å². The van der Waals surface area contributed by atoms with Gasteiger partial charge in [0, 0.05) is 67.6 Å². The number of aryl methyl sites for hydroxylation is 1. The summed E-state index contributed by atoms with van der Waals surface area (Å²) >= 11 is 0. The number of carbonyl (C=O) groups is 5. The lowest BCUT2D eigenvalue weighted by atomic mass is 10.2. The van der Waals surface area contributed by atoms with E-state index in [1.807, 2.05) is 27.0 Å². The maximum Gasteiger partial charge on any atom is 0.335 e. The van der Waals surface area contributed by atoms with Gasteiger partial charge in [0.1, 0.15) is 11.6 Å². The number of ketones is 2. The van der Waals surface area contributed by atoms with Crippen molar-refractivity contribution < 1.29 is 99.9 Å². The third kappa shape index (κ3) is 61.2. The monoisotopic (exact) mass is 1210 g/mol. The molecule has 0 aliphatic carbocycles. The van der Waals surface area contributed by atoms with Crippen LogP contribution in [0.15, 0.2) is 16.4 Å². The summed E-state index contributed by atoms with van der Waals surface area (Å²) in [7, 11) is 0. The number of hydrogen-bond acceptors (Lipinski definition) is 25. The minimum Gasteiger partial charge on any atom is -0.379 e. The van der Waals surface area contributed by atoms with Crippen LogP contribution in [0.4, 0.5) is 0 Å². The fourth-order valence-corrected chi connectivity index (χ4v) is 5.59. The van der Waals surface area contributed by atoms with E-state index in [1.165, 1.54) is 0 Å². The first-order valence-corrected chi connectivity index (χ1v) is 28.1. The summed E-state index contributed by atoms with van der Waals surface area (Å²) in [4.78, 5) is 66.2. The summed E-state index contributed by atoms with van der Waals surface area (Å²) in [6.07, 6.45) is 8.61. The maximum atomic E-state index is 11.5. The largest absolute Gasteiger partial charge is 0.379 e. The lowest BCUT2D eigenvalue weighted by Gasteiger charge is -2.12. The molecular weight excluding hydrogens is 1110 g/mol. The Morgan fingerprint density at radius 2 is 0.774 bits per heavy atom. The van der Waals surface area contributed by atoms with Crippen molar-refractivity contribution in [2.45, 2.75) is 79.2 Å². The molecule has 1 fully saturated rings. The van der Waals surface area contributed by atoms with E-state index in [4.69, 9.17) is 87.0 Å². The molecule has 482 valence electrons. The molecule has 0 spiro atoms. The first-order valence-electron chi connectivity index (χ1n) is 28.1. The Morgan fingerprint density at radius 1 is 0.500 bits per heavy atom. The third-order valence-corrected chi connectivity index (χ3v) is 9.87. The summed E-state index contributed by atoms with van der Waals surface area (Å²) in [6.45, 7) is 22.2. The molecule has 0 aromatic carbocycles. The smallest absolute Gasteiger partial charge is 0.335 e. The Hall–Kier alpha value is -5.33. The van der Waals surface area contributed by atoms with E-state index in [-0.39, 0.29) is 44.0 Å². The van der Waals surface area contributed by atoms with Gasteiger partial charge in [-0.15, -0.1) is 22.5 Å². The summed E-state index contributed by atoms with van der Waals surface area (Å²) in [6, 6.07) is 0. The zero-order chi connectivity index (χ0) is 61.9. The van der Waals surface area contributed by atoms with E-state index in [9.17, 15) is 24.0 Å². The van der Waals surface area contributed by atoms with Crippen molar-refractivity contribution in [3.8, 4) is 12.3 Å². The second-order valence-corrected chi connectivity index (χ2v) is 16.6. The van der Waals surface area contributed by atoms with Gasteiger partial charge in [-0.1, -0.05) is 29.3 Å². The van der Waals surface area contributed by atoms with Crippen LogP contribution in [-0.2, 0) is 106 Å². The van der Waals surface area contributed by atoms with Gasteiger partial charge in [-0.05, 0) is 24.9 Å². The van der Waals surface area contributed by atoms with Gasteiger partial charge >= 0.3 is 5.97 Å². The molecule has 1 aromatic rings. The fourth-order valence-electron chi connectivity index (χ4n) is 5.59. The average Bonchev–Trinajstić information content (AvgIpc) is 4.25. The molecule has 0 bridgehead atoms. The maximum absolute atomic E-state index is 11.5. The molecule has 0 saturated carbocycles. The van der Waals surface area contributed by atoms with Gasteiger partial charge in [0.2, 0.25) is 0 Å². The zero-order valence-corrected chi connectivity index (χ0v) is 50.0. The Labute approximate surface area is 493 Å². The number of aromatic nitrogens is 3. The minimum atomic E-state index is -0.699. The van der Waals surface area contributed by atoms with Crippen molar-refractivity contribution in [1.82, 2.24) is 20.1 Å².